The Labute approximate surface area is 153 Å². The monoisotopic (exact) mass is 373 g/mol. The van der Waals surface area contributed by atoms with Gasteiger partial charge >= 0.3 is 0 Å². The van der Waals surface area contributed by atoms with Crippen LogP contribution in [0.5, 0.6) is 0 Å². The molecule has 1 atom stereocenters. The molecular formula is C17H35N5O2S. The van der Waals surface area contributed by atoms with Gasteiger partial charge in [0.25, 0.3) is 0 Å². The highest BCUT2D eigenvalue weighted by Gasteiger charge is 2.30. The Morgan fingerprint density at radius 2 is 1.88 bits per heavy atom. The molecule has 25 heavy (non-hydrogen) atoms. The van der Waals surface area contributed by atoms with Crippen molar-refractivity contribution in [3.63, 3.8) is 0 Å². The van der Waals surface area contributed by atoms with Crippen LogP contribution < -0.4 is 10.6 Å². The molecule has 146 valence electrons. The summed E-state index contributed by atoms with van der Waals surface area (Å²) in [7, 11) is -1.46. The minimum absolute atomic E-state index is 0.0915. The molecule has 0 aromatic rings. The zero-order chi connectivity index (χ0) is 18.3. The quantitative estimate of drug-likeness (QED) is 0.487. The Hall–Kier alpha value is -0.860. The number of aliphatic imine (C=N–C) groups is 1. The number of nitrogens with one attached hydrogen (secondary N) is 2. The van der Waals surface area contributed by atoms with Crippen LogP contribution in [-0.2, 0) is 10.0 Å². The summed E-state index contributed by atoms with van der Waals surface area (Å²) in [5.74, 6) is 0.793. The summed E-state index contributed by atoms with van der Waals surface area (Å²) in [5, 5.41) is 6.61. The van der Waals surface area contributed by atoms with Gasteiger partial charge in [0.05, 0.1) is 5.75 Å². The lowest BCUT2D eigenvalue weighted by Crippen LogP contribution is -2.47. The lowest BCUT2D eigenvalue weighted by atomic mass is 10.2. The minimum atomic E-state index is -3.19. The molecule has 0 amide bonds. The van der Waals surface area contributed by atoms with Crippen LogP contribution >= 0.6 is 0 Å². The molecule has 2 N–H and O–H groups in total. The molecule has 2 aliphatic rings. The lowest BCUT2D eigenvalue weighted by Gasteiger charge is -2.24. The summed E-state index contributed by atoms with van der Waals surface area (Å²) in [6, 6.07) is 1.16. The zero-order valence-electron chi connectivity index (χ0n) is 16.0. The smallest absolute Gasteiger partial charge is 0.215 e. The first-order chi connectivity index (χ1) is 12.0. The normalized spacial score (nSPS) is 23.5. The van der Waals surface area contributed by atoms with Gasteiger partial charge in [-0.15, -0.1) is 0 Å². The number of rotatable bonds is 8. The second-order valence-corrected chi connectivity index (χ2v) is 9.05. The highest BCUT2D eigenvalue weighted by molar-refractivity contribution is 7.89. The molecular weight excluding hydrogens is 338 g/mol. The van der Waals surface area contributed by atoms with Gasteiger partial charge in [-0.2, -0.15) is 0 Å². The largest absolute Gasteiger partial charge is 0.355 e. The van der Waals surface area contributed by atoms with Crippen molar-refractivity contribution in [2.45, 2.75) is 58.0 Å². The van der Waals surface area contributed by atoms with Gasteiger partial charge in [0.1, 0.15) is 0 Å². The fraction of sp³-hybridized carbons (Fsp3) is 0.941. The topological polar surface area (TPSA) is 77.0 Å². The van der Waals surface area contributed by atoms with E-state index in [0.717, 1.165) is 25.6 Å². The maximum atomic E-state index is 12.2. The van der Waals surface area contributed by atoms with Crippen LogP contribution in [-0.4, -0.2) is 81.2 Å². The molecule has 1 aliphatic carbocycles. The third-order valence-corrected chi connectivity index (χ3v) is 7.40. The molecule has 0 bridgehead atoms. The molecule has 1 saturated carbocycles. The number of likely N-dealkylation sites (tertiary alicyclic amines) is 1. The zero-order valence-corrected chi connectivity index (χ0v) is 16.8. The number of hydrogen-bond donors (Lipinski definition) is 2. The van der Waals surface area contributed by atoms with E-state index in [1.807, 2.05) is 13.8 Å². The predicted molar refractivity (Wildman–Crippen MR) is 103 cm³/mol. The van der Waals surface area contributed by atoms with E-state index in [2.05, 4.69) is 20.5 Å². The first kappa shape index (κ1) is 20.5. The lowest BCUT2D eigenvalue weighted by molar-refractivity contribution is 0.242. The number of sulfonamides is 1. The SMILES string of the molecule is CCN(CC)S(=O)(=O)CCNC(=NC)NC1CCN(C2CCCC2)C1. The van der Waals surface area contributed by atoms with Crippen molar-refractivity contribution < 1.29 is 8.42 Å². The van der Waals surface area contributed by atoms with Crippen LogP contribution in [0.25, 0.3) is 0 Å². The molecule has 0 aromatic heterocycles. The van der Waals surface area contributed by atoms with E-state index in [4.69, 9.17) is 0 Å². The third kappa shape index (κ3) is 5.82. The fourth-order valence-corrected chi connectivity index (χ4v) is 5.34. The Balaban J connectivity index is 1.74. The second kappa shape index (κ2) is 9.73. The summed E-state index contributed by atoms with van der Waals surface area (Å²) < 4.78 is 25.9. The maximum absolute atomic E-state index is 12.2. The molecule has 2 rings (SSSR count). The first-order valence-corrected chi connectivity index (χ1v) is 11.3. The molecule has 0 radical (unpaired) electrons. The standard InChI is InChI=1S/C17H35N5O2S/c1-4-22(5-2)25(23,24)13-11-19-17(18-3)20-15-10-12-21(14-15)16-8-6-7-9-16/h15-16H,4-14H2,1-3H3,(H2,18,19,20). The van der Waals surface area contributed by atoms with Crippen molar-refractivity contribution in [3.05, 3.63) is 0 Å². The van der Waals surface area contributed by atoms with E-state index in [1.165, 1.54) is 30.0 Å². The Morgan fingerprint density at radius 3 is 2.48 bits per heavy atom. The van der Waals surface area contributed by atoms with E-state index in [9.17, 15) is 8.42 Å². The second-order valence-electron chi connectivity index (χ2n) is 6.96. The Bertz CT molecular complexity index is 527. The van der Waals surface area contributed by atoms with Crippen molar-refractivity contribution in [2.75, 3.05) is 45.5 Å². The summed E-state index contributed by atoms with van der Waals surface area (Å²) in [4.78, 5) is 6.85. The van der Waals surface area contributed by atoms with Gasteiger partial charge in [-0.3, -0.25) is 9.89 Å². The van der Waals surface area contributed by atoms with Gasteiger partial charge in [-0.05, 0) is 19.3 Å². The molecule has 0 aromatic carbocycles. The van der Waals surface area contributed by atoms with Crippen molar-refractivity contribution in [1.82, 2.24) is 19.8 Å². The van der Waals surface area contributed by atoms with Crippen LogP contribution in [0.1, 0.15) is 46.0 Å². The molecule has 2 fully saturated rings. The summed E-state index contributed by atoms with van der Waals surface area (Å²) in [6.07, 6.45) is 6.52. The average molecular weight is 374 g/mol. The van der Waals surface area contributed by atoms with E-state index in [0.29, 0.717) is 31.6 Å². The van der Waals surface area contributed by atoms with Crippen molar-refractivity contribution in [3.8, 4) is 0 Å². The molecule has 1 aliphatic heterocycles. The minimum Gasteiger partial charge on any atom is -0.355 e. The van der Waals surface area contributed by atoms with Gasteiger partial charge in [0.2, 0.25) is 10.0 Å². The van der Waals surface area contributed by atoms with Gasteiger partial charge in [0, 0.05) is 51.9 Å². The van der Waals surface area contributed by atoms with Crippen LogP contribution in [0.15, 0.2) is 4.99 Å². The summed E-state index contributed by atoms with van der Waals surface area (Å²) >= 11 is 0. The van der Waals surface area contributed by atoms with Gasteiger partial charge < -0.3 is 10.6 Å². The van der Waals surface area contributed by atoms with Crippen molar-refractivity contribution >= 4 is 16.0 Å². The van der Waals surface area contributed by atoms with Crippen LogP contribution in [0.4, 0.5) is 0 Å². The van der Waals surface area contributed by atoms with E-state index < -0.39 is 10.0 Å². The highest BCUT2D eigenvalue weighted by Crippen LogP contribution is 2.26. The molecule has 1 heterocycles. The summed E-state index contributed by atoms with van der Waals surface area (Å²) in [5.41, 5.74) is 0. The van der Waals surface area contributed by atoms with Crippen LogP contribution in [0, 0.1) is 0 Å². The van der Waals surface area contributed by atoms with Crippen LogP contribution in [0.3, 0.4) is 0 Å². The van der Waals surface area contributed by atoms with Gasteiger partial charge in [-0.1, -0.05) is 26.7 Å². The number of guanidine groups is 1. The fourth-order valence-electron chi connectivity index (χ4n) is 3.94. The van der Waals surface area contributed by atoms with Crippen molar-refractivity contribution in [1.29, 1.82) is 0 Å². The maximum Gasteiger partial charge on any atom is 0.215 e. The van der Waals surface area contributed by atoms with E-state index in [1.54, 1.807) is 7.05 Å². The molecule has 1 saturated heterocycles. The van der Waals surface area contributed by atoms with Gasteiger partial charge in [0.15, 0.2) is 5.96 Å². The molecule has 8 heteroatoms. The summed E-state index contributed by atoms with van der Waals surface area (Å²) in [6.45, 7) is 7.35. The molecule has 1 unspecified atom stereocenters. The van der Waals surface area contributed by atoms with E-state index >= 15 is 0 Å². The predicted octanol–water partition coefficient (Wildman–Crippen LogP) is 0.840. The Kier molecular flexibility index (Phi) is 7.96. The molecule has 0 spiro atoms. The van der Waals surface area contributed by atoms with Crippen molar-refractivity contribution in [2.24, 2.45) is 4.99 Å². The molecule has 7 nitrogen and oxygen atoms in total. The Morgan fingerprint density at radius 1 is 1.20 bits per heavy atom. The number of hydrogen-bond acceptors (Lipinski definition) is 4. The number of nitrogens with zero attached hydrogens (tertiary/aromatic N) is 3. The van der Waals surface area contributed by atoms with Crippen LogP contribution in [0.2, 0.25) is 0 Å². The third-order valence-electron chi connectivity index (χ3n) is 5.38. The highest BCUT2D eigenvalue weighted by atomic mass is 32.2. The van der Waals surface area contributed by atoms with Gasteiger partial charge in [-0.25, -0.2) is 12.7 Å². The first-order valence-electron chi connectivity index (χ1n) is 9.69. The van der Waals surface area contributed by atoms with E-state index in [-0.39, 0.29) is 5.75 Å². The average Bonchev–Trinajstić information content (AvgIpc) is 3.26.